The molecule has 2 fully saturated rings. The standard InChI is InChI=1S/C17H28N4O2/c1-13(22)12-20-5-3-15(4-6-20)16-11-17(19-14(2)18-16)21-7-9-23-10-8-21/h11,13,15,22H,3-10,12H2,1-2H3. The first-order valence-corrected chi connectivity index (χ1v) is 8.70. The van der Waals surface area contributed by atoms with Gasteiger partial charge in [-0.25, -0.2) is 9.97 Å². The molecule has 0 bridgehead atoms. The molecule has 6 nitrogen and oxygen atoms in total. The summed E-state index contributed by atoms with van der Waals surface area (Å²) in [7, 11) is 0. The molecule has 1 aromatic heterocycles. The van der Waals surface area contributed by atoms with Crippen molar-refractivity contribution in [2.24, 2.45) is 0 Å². The van der Waals surface area contributed by atoms with E-state index < -0.39 is 0 Å². The Balaban J connectivity index is 1.67. The van der Waals surface area contributed by atoms with E-state index in [2.05, 4.69) is 20.9 Å². The predicted molar refractivity (Wildman–Crippen MR) is 89.9 cm³/mol. The molecule has 3 heterocycles. The fraction of sp³-hybridized carbons (Fsp3) is 0.765. The van der Waals surface area contributed by atoms with Gasteiger partial charge in [-0.05, 0) is 39.8 Å². The maximum absolute atomic E-state index is 9.53. The fourth-order valence-corrected chi connectivity index (χ4v) is 3.52. The van der Waals surface area contributed by atoms with Gasteiger partial charge in [0.05, 0.1) is 19.3 Å². The molecule has 1 N–H and O–H groups in total. The zero-order chi connectivity index (χ0) is 16.2. The summed E-state index contributed by atoms with van der Waals surface area (Å²) in [6, 6.07) is 2.17. The third kappa shape index (κ3) is 4.40. The average molecular weight is 320 g/mol. The molecule has 0 aliphatic carbocycles. The summed E-state index contributed by atoms with van der Waals surface area (Å²) in [5, 5.41) is 9.53. The van der Waals surface area contributed by atoms with Crippen LogP contribution in [0.3, 0.4) is 0 Å². The lowest BCUT2D eigenvalue weighted by molar-refractivity contribution is 0.109. The van der Waals surface area contributed by atoms with Crippen LogP contribution in [-0.4, -0.2) is 72.0 Å². The van der Waals surface area contributed by atoms with Crippen LogP contribution in [-0.2, 0) is 4.74 Å². The minimum atomic E-state index is -0.249. The van der Waals surface area contributed by atoms with Gasteiger partial charge >= 0.3 is 0 Å². The Morgan fingerprint density at radius 2 is 1.91 bits per heavy atom. The van der Waals surface area contributed by atoms with Gasteiger partial charge in [0.1, 0.15) is 11.6 Å². The normalized spacial score (nSPS) is 22.3. The maximum atomic E-state index is 9.53. The Labute approximate surface area is 138 Å². The number of aromatic nitrogens is 2. The van der Waals surface area contributed by atoms with Crippen LogP contribution in [0.2, 0.25) is 0 Å². The van der Waals surface area contributed by atoms with Gasteiger partial charge in [0.2, 0.25) is 0 Å². The number of hydrogen-bond acceptors (Lipinski definition) is 6. The number of nitrogens with zero attached hydrogens (tertiary/aromatic N) is 4. The first-order valence-electron chi connectivity index (χ1n) is 8.70. The van der Waals surface area contributed by atoms with E-state index in [1.165, 1.54) is 5.69 Å². The highest BCUT2D eigenvalue weighted by molar-refractivity contribution is 5.41. The second-order valence-electron chi connectivity index (χ2n) is 6.72. The monoisotopic (exact) mass is 320 g/mol. The summed E-state index contributed by atoms with van der Waals surface area (Å²) in [6.45, 7) is 10.0. The molecule has 0 aromatic carbocycles. The van der Waals surface area contributed by atoms with Crippen LogP contribution >= 0.6 is 0 Å². The quantitative estimate of drug-likeness (QED) is 0.899. The van der Waals surface area contributed by atoms with E-state index >= 15 is 0 Å². The number of hydrogen-bond donors (Lipinski definition) is 1. The summed E-state index contributed by atoms with van der Waals surface area (Å²) in [5.41, 5.74) is 1.18. The Bertz CT molecular complexity index is 509. The lowest BCUT2D eigenvalue weighted by Gasteiger charge is -2.33. The van der Waals surface area contributed by atoms with Gasteiger partial charge in [0, 0.05) is 37.3 Å². The fourth-order valence-electron chi connectivity index (χ4n) is 3.52. The molecule has 3 rings (SSSR count). The molecule has 6 heteroatoms. The summed E-state index contributed by atoms with van der Waals surface area (Å²) in [6.07, 6.45) is 1.96. The van der Waals surface area contributed by atoms with Gasteiger partial charge < -0.3 is 19.6 Å². The van der Waals surface area contributed by atoms with Gasteiger partial charge in [-0.15, -0.1) is 0 Å². The first-order chi connectivity index (χ1) is 11.1. The minimum Gasteiger partial charge on any atom is -0.392 e. The number of aliphatic hydroxyl groups excluding tert-OH is 1. The molecule has 128 valence electrons. The number of β-amino-alcohol motifs (C(OH)–C–C–N with tert-alkyl or cyclic N) is 1. The number of piperidine rings is 1. The first kappa shape index (κ1) is 16.6. The van der Waals surface area contributed by atoms with Gasteiger partial charge in [-0.3, -0.25) is 0 Å². The minimum absolute atomic E-state index is 0.249. The second-order valence-corrected chi connectivity index (χ2v) is 6.72. The second kappa shape index (κ2) is 7.55. The molecule has 2 aliphatic rings. The van der Waals surface area contributed by atoms with Crippen molar-refractivity contribution in [1.82, 2.24) is 14.9 Å². The van der Waals surface area contributed by atoms with Crippen LogP contribution in [0.5, 0.6) is 0 Å². The number of aliphatic hydroxyl groups is 1. The van der Waals surface area contributed by atoms with Crippen molar-refractivity contribution in [2.75, 3.05) is 50.8 Å². The van der Waals surface area contributed by atoms with Crippen LogP contribution in [0.1, 0.15) is 37.2 Å². The van der Waals surface area contributed by atoms with Crippen molar-refractivity contribution >= 4 is 5.82 Å². The van der Waals surface area contributed by atoms with Crippen molar-refractivity contribution in [3.63, 3.8) is 0 Å². The molecule has 0 amide bonds. The summed E-state index contributed by atoms with van der Waals surface area (Å²) in [4.78, 5) is 14.0. The van der Waals surface area contributed by atoms with Crippen LogP contribution < -0.4 is 4.90 Å². The van der Waals surface area contributed by atoms with E-state index in [0.717, 1.165) is 70.4 Å². The number of rotatable bonds is 4. The Morgan fingerprint density at radius 3 is 2.57 bits per heavy atom. The summed E-state index contributed by atoms with van der Waals surface area (Å²) < 4.78 is 5.43. The zero-order valence-electron chi connectivity index (χ0n) is 14.2. The van der Waals surface area contributed by atoms with Crippen molar-refractivity contribution in [3.8, 4) is 0 Å². The highest BCUT2D eigenvalue weighted by atomic mass is 16.5. The third-order valence-electron chi connectivity index (χ3n) is 4.71. The van der Waals surface area contributed by atoms with E-state index in [4.69, 9.17) is 9.72 Å². The van der Waals surface area contributed by atoms with Crippen LogP contribution in [0, 0.1) is 6.92 Å². The maximum Gasteiger partial charge on any atom is 0.132 e. The SMILES string of the molecule is Cc1nc(C2CCN(CC(C)O)CC2)cc(N2CCOCC2)n1. The largest absolute Gasteiger partial charge is 0.392 e. The lowest BCUT2D eigenvalue weighted by Crippen LogP contribution is -2.38. The van der Waals surface area contributed by atoms with Gasteiger partial charge in [-0.2, -0.15) is 0 Å². The van der Waals surface area contributed by atoms with Crippen molar-refractivity contribution in [3.05, 3.63) is 17.6 Å². The number of likely N-dealkylation sites (tertiary alicyclic amines) is 1. The molecule has 0 saturated carbocycles. The smallest absolute Gasteiger partial charge is 0.132 e. The molecule has 2 aliphatic heterocycles. The Morgan fingerprint density at radius 1 is 1.22 bits per heavy atom. The summed E-state index contributed by atoms with van der Waals surface area (Å²) in [5.74, 6) is 2.40. The molecule has 0 spiro atoms. The van der Waals surface area contributed by atoms with Crippen molar-refractivity contribution in [1.29, 1.82) is 0 Å². The van der Waals surface area contributed by atoms with Gasteiger partial charge in [0.15, 0.2) is 0 Å². The molecular weight excluding hydrogens is 292 g/mol. The molecular formula is C17H28N4O2. The third-order valence-corrected chi connectivity index (χ3v) is 4.71. The molecule has 23 heavy (non-hydrogen) atoms. The number of anilines is 1. The number of aryl methyl sites for hydroxylation is 1. The average Bonchev–Trinajstić information content (AvgIpc) is 2.55. The molecule has 1 atom stereocenters. The van der Waals surface area contributed by atoms with E-state index in [9.17, 15) is 5.11 Å². The van der Waals surface area contributed by atoms with E-state index in [1.807, 2.05) is 13.8 Å². The van der Waals surface area contributed by atoms with E-state index in [1.54, 1.807) is 0 Å². The van der Waals surface area contributed by atoms with Crippen molar-refractivity contribution < 1.29 is 9.84 Å². The molecule has 1 aromatic rings. The van der Waals surface area contributed by atoms with E-state index in [-0.39, 0.29) is 6.10 Å². The van der Waals surface area contributed by atoms with Crippen LogP contribution in [0.4, 0.5) is 5.82 Å². The molecule has 2 saturated heterocycles. The Hall–Kier alpha value is -1.24. The molecule has 1 unspecified atom stereocenters. The van der Waals surface area contributed by atoms with Crippen molar-refractivity contribution in [2.45, 2.75) is 38.7 Å². The number of ether oxygens (including phenoxy) is 1. The molecule has 0 radical (unpaired) electrons. The summed E-state index contributed by atoms with van der Waals surface area (Å²) >= 11 is 0. The van der Waals surface area contributed by atoms with Gasteiger partial charge in [0.25, 0.3) is 0 Å². The van der Waals surface area contributed by atoms with E-state index in [0.29, 0.717) is 5.92 Å². The topological polar surface area (TPSA) is 61.7 Å². The lowest BCUT2D eigenvalue weighted by atomic mass is 9.93. The zero-order valence-corrected chi connectivity index (χ0v) is 14.2. The number of morpholine rings is 1. The van der Waals surface area contributed by atoms with Crippen LogP contribution in [0.15, 0.2) is 6.07 Å². The Kier molecular flexibility index (Phi) is 5.46. The highest BCUT2D eigenvalue weighted by Crippen LogP contribution is 2.29. The predicted octanol–water partition coefficient (Wildman–Crippen LogP) is 1.18. The highest BCUT2D eigenvalue weighted by Gasteiger charge is 2.24. The van der Waals surface area contributed by atoms with Gasteiger partial charge in [-0.1, -0.05) is 0 Å². The van der Waals surface area contributed by atoms with Crippen LogP contribution in [0.25, 0.3) is 0 Å².